The van der Waals surface area contributed by atoms with Crippen molar-refractivity contribution in [1.82, 2.24) is 10.2 Å². The van der Waals surface area contributed by atoms with Gasteiger partial charge in [-0.05, 0) is 30.6 Å². The molecule has 1 aromatic carbocycles. The van der Waals surface area contributed by atoms with Crippen LogP contribution in [0.1, 0.15) is 17.5 Å². The van der Waals surface area contributed by atoms with Crippen LogP contribution in [-0.4, -0.2) is 55.4 Å². The van der Waals surface area contributed by atoms with Gasteiger partial charge in [-0.3, -0.25) is 9.69 Å². The molecule has 0 radical (unpaired) electrons. The smallest absolute Gasteiger partial charge is 0.307 e. The van der Waals surface area contributed by atoms with Crippen LogP contribution in [0.25, 0.3) is 0 Å². The number of morpholine rings is 1. The van der Waals surface area contributed by atoms with Crippen LogP contribution in [0.5, 0.6) is 0 Å². The molecule has 1 fully saturated rings. The topological polar surface area (TPSA) is 61.8 Å². The van der Waals surface area contributed by atoms with Crippen molar-refractivity contribution in [2.45, 2.75) is 19.4 Å². The minimum atomic E-state index is -0.783. The monoisotopic (exact) mass is 292 g/mol. The molecule has 1 aliphatic rings. The molecule has 0 atom stereocenters. The van der Waals surface area contributed by atoms with Crippen LogP contribution in [0.4, 0.5) is 0 Å². The molecule has 0 spiro atoms. The Bertz CT molecular complexity index is 445. The highest BCUT2D eigenvalue weighted by atomic mass is 16.5. The summed E-state index contributed by atoms with van der Waals surface area (Å²) < 4.78 is 5.32. The van der Waals surface area contributed by atoms with E-state index in [1.165, 1.54) is 0 Å². The molecular weight excluding hydrogens is 268 g/mol. The highest BCUT2D eigenvalue weighted by Crippen LogP contribution is 2.09. The Labute approximate surface area is 125 Å². The van der Waals surface area contributed by atoms with Crippen molar-refractivity contribution in [3.63, 3.8) is 0 Å². The van der Waals surface area contributed by atoms with E-state index in [2.05, 4.69) is 10.2 Å². The Balaban J connectivity index is 1.67. The quantitative estimate of drug-likeness (QED) is 0.703. The summed E-state index contributed by atoms with van der Waals surface area (Å²) in [5.74, 6) is -0.783. The minimum Gasteiger partial charge on any atom is -0.481 e. The van der Waals surface area contributed by atoms with Crippen molar-refractivity contribution >= 4 is 5.97 Å². The fourth-order valence-corrected chi connectivity index (χ4v) is 2.54. The highest BCUT2D eigenvalue weighted by molar-refractivity contribution is 5.70. The zero-order valence-corrected chi connectivity index (χ0v) is 12.4. The van der Waals surface area contributed by atoms with Gasteiger partial charge in [0.15, 0.2) is 0 Å². The van der Waals surface area contributed by atoms with Crippen molar-refractivity contribution in [3.8, 4) is 0 Å². The number of rotatable bonds is 8. The third kappa shape index (κ3) is 5.83. The molecule has 0 saturated carbocycles. The summed E-state index contributed by atoms with van der Waals surface area (Å²) in [6.07, 6.45) is 1.19. The number of carbonyl (C=O) groups is 1. The number of carboxylic acids is 1. The number of ether oxygens (including phenoxy) is 1. The van der Waals surface area contributed by atoms with Gasteiger partial charge in [0.1, 0.15) is 0 Å². The predicted molar refractivity (Wildman–Crippen MR) is 81.4 cm³/mol. The summed E-state index contributed by atoms with van der Waals surface area (Å²) in [7, 11) is 0. The molecule has 1 heterocycles. The van der Waals surface area contributed by atoms with Crippen LogP contribution in [0.3, 0.4) is 0 Å². The average molecular weight is 292 g/mol. The van der Waals surface area contributed by atoms with Crippen LogP contribution in [0.2, 0.25) is 0 Å². The lowest BCUT2D eigenvalue weighted by molar-refractivity contribution is -0.136. The Hall–Kier alpha value is -1.43. The van der Waals surface area contributed by atoms with Crippen LogP contribution in [0.15, 0.2) is 24.3 Å². The highest BCUT2D eigenvalue weighted by Gasteiger charge is 2.09. The maximum absolute atomic E-state index is 10.8. The Morgan fingerprint density at radius 2 is 1.95 bits per heavy atom. The van der Waals surface area contributed by atoms with E-state index in [1.54, 1.807) is 0 Å². The molecular formula is C16H24N2O3. The molecule has 1 aromatic rings. The molecule has 21 heavy (non-hydrogen) atoms. The first kappa shape index (κ1) is 15.9. The lowest BCUT2D eigenvalue weighted by Crippen LogP contribution is -2.37. The maximum atomic E-state index is 10.8. The third-order valence-corrected chi connectivity index (χ3v) is 3.71. The first-order valence-electron chi connectivity index (χ1n) is 7.55. The first-order valence-corrected chi connectivity index (χ1v) is 7.55. The van der Waals surface area contributed by atoms with Gasteiger partial charge in [0.05, 0.1) is 19.6 Å². The molecule has 0 aromatic heterocycles. The minimum absolute atomic E-state index is 0.0889. The Kier molecular flexibility index (Phi) is 6.66. The summed E-state index contributed by atoms with van der Waals surface area (Å²) in [5.41, 5.74) is 1.97. The van der Waals surface area contributed by atoms with E-state index >= 15 is 0 Å². The number of carboxylic acid groups (broad SMARTS) is 1. The maximum Gasteiger partial charge on any atom is 0.307 e. The molecule has 1 saturated heterocycles. The van der Waals surface area contributed by atoms with E-state index in [1.807, 2.05) is 24.3 Å². The Morgan fingerprint density at radius 3 is 2.67 bits per heavy atom. The van der Waals surface area contributed by atoms with E-state index < -0.39 is 5.97 Å². The standard InChI is InChI=1S/C16H24N2O3/c19-16(20)12-14-4-1-2-5-15(14)13-17-6-3-7-18-8-10-21-11-9-18/h1-2,4-5,17H,3,6-13H2,(H,19,20). The number of hydrogen-bond donors (Lipinski definition) is 2. The van der Waals surface area contributed by atoms with Gasteiger partial charge in [0.2, 0.25) is 0 Å². The van der Waals surface area contributed by atoms with Crippen LogP contribution < -0.4 is 5.32 Å². The second kappa shape index (κ2) is 8.77. The van der Waals surface area contributed by atoms with Crippen molar-refractivity contribution in [2.24, 2.45) is 0 Å². The van der Waals surface area contributed by atoms with Gasteiger partial charge in [-0.25, -0.2) is 0 Å². The normalized spacial score (nSPS) is 16.0. The van der Waals surface area contributed by atoms with Gasteiger partial charge in [0.25, 0.3) is 0 Å². The first-order chi connectivity index (χ1) is 10.3. The number of nitrogens with zero attached hydrogens (tertiary/aromatic N) is 1. The largest absolute Gasteiger partial charge is 0.481 e. The fraction of sp³-hybridized carbons (Fsp3) is 0.562. The second-order valence-electron chi connectivity index (χ2n) is 5.32. The van der Waals surface area contributed by atoms with Gasteiger partial charge in [-0.15, -0.1) is 0 Å². The molecule has 116 valence electrons. The van der Waals surface area contributed by atoms with E-state index in [4.69, 9.17) is 9.84 Å². The van der Waals surface area contributed by atoms with Crippen molar-refractivity contribution in [1.29, 1.82) is 0 Å². The summed E-state index contributed by atoms with van der Waals surface area (Å²) >= 11 is 0. The zero-order valence-electron chi connectivity index (χ0n) is 12.4. The predicted octanol–water partition coefficient (Wildman–Crippen LogP) is 1.13. The molecule has 2 rings (SSSR count). The molecule has 1 aliphatic heterocycles. The van der Waals surface area contributed by atoms with Gasteiger partial charge >= 0.3 is 5.97 Å². The number of benzene rings is 1. The van der Waals surface area contributed by atoms with E-state index in [0.717, 1.165) is 63.5 Å². The van der Waals surface area contributed by atoms with Gasteiger partial charge < -0.3 is 15.2 Å². The molecule has 2 N–H and O–H groups in total. The molecule has 5 heteroatoms. The van der Waals surface area contributed by atoms with E-state index in [9.17, 15) is 4.79 Å². The summed E-state index contributed by atoms with van der Waals surface area (Å²) in [6.45, 7) is 6.51. The SMILES string of the molecule is O=C(O)Cc1ccccc1CNCCCN1CCOCC1. The third-order valence-electron chi connectivity index (χ3n) is 3.71. The molecule has 0 unspecified atom stereocenters. The van der Waals surface area contributed by atoms with Crippen molar-refractivity contribution in [2.75, 3.05) is 39.4 Å². The summed E-state index contributed by atoms with van der Waals surface area (Å²) in [4.78, 5) is 13.3. The van der Waals surface area contributed by atoms with Gasteiger partial charge in [-0.1, -0.05) is 24.3 Å². The molecule has 0 amide bonds. The second-order valence-corrected chi connectivity index (χ2v) is 5.32. The number of hydrogen-bond acceptors (Lipinski definition) is 4. The van der Waals surface area contributed by atoms with E-state index in [-0.39, 0.29) is 6.42 Å². The summed E-state index contributed by atoms with van der Waals surface area (Å²) in [6, 6.07) is 7.72. The molecule has 0 aliphatic carbocycles. The van der Waals surface area contributed by atoms with Gasteiger partial charge in [0, 0.05) is 19.6 Å². The number of aliphatic carboxylic acids is 1. The van der Waals surface area contributed by atoms with Gasteiger partial charge in [-0.2, -0.15) is 0 Å². The fourth-order valence-electron chi connectivity index (χ4n) is 2.54. The van der Waals surface area contributed by atoms with Crippen LogP contribution >= 0.6 is 0 Å². The molecule has 0 bridgehead atoms. The van der Waals surface area contributed by atoms with Crippen molar-refractivity contribution < 1.29 is 14.6 Å². The Morgan fingerprint density at radius 1 is 1.24 bits per heavy atom. The summed E-state index contributed by atoms with van der Waals surface area (Å²) in [5, 5.41) is 12.3. The van der Waals surface area contributed by atoms with Crippen molar-refractivity contribution in [3.05, 3.63) is 35.4 Å². The molecule has 5 nitrogen and oxygen atoms in total. The van der Waals surface area contributed by atoms with E-state index in [0.29, 0.717) is 0 Å². The average Bonchev–Trinajstić information content (AvgIpc) is 2.49. The zero-order chi connectivity index (χ0) is 14.9. The van der Waals surface area contributed by atoms with Crippen LogP contribution in [-0.2, 0) is 22.5 Å². The van der Waals surface area contributed by atoms with Crippen LogP contribution in [0, 0.1) is 0 Å². The lowest BCUT2D eigenvalue weighted by Gasteiger charge is -2.26. The number of nitrogens with one attached hydrogen (secondary N) is 1. The lowest BCUT2D eigenvalue weighted by atomic mass is 10.0.